The molecule has 1 aromatic carbocycles. The standard InChI is InChI=1S/C14H16ClN5/c1-9-10(7-18-19(9)2)13-8-17-14(16)20(13)12-6-4-3-5-11(12)15/h3-7,13H,8H2,1-2H3,(H2,16,17). The quantitative estimate of drug-likeness (QED) is 0.922. The van der Waals surface area contributed by atoms with Crippen molar-refractivity contribution >= 4 is 23.2 Å². The summed E-state index contributed by atoms with van der Waals surface area (Å²) in [6, 6.07) is 7.70. The molecular formula is C14H16ClN5. The number of rotatable bonds is 2. The van der Waals surface area contributed by atoms with E-state index in [0.717, 1.165) is 16.9 Å². The number of nitrogens with zero attached hydrogens (tertiary/aromatic N) is 4. The van der Waals surface area contributed by atoms with E-state index in [4.69, 9.17) is 17.3 Å². The van der Waals surface area contributed by atoms with Gasteiger partial charge in [0.2, 0.25) is 0 Å². The fourth-order valence-electron chi connectivity index (χ4n) is 2.52. The van der Waals surface area contributed by atoms with Crippen molar-refractivity contribution in [2.75, 3.05) is 11.4 Å². The first-order valence-electron chi connectivity index (χ1n) is 6.41. The topological polar surface area (TPSA) is 59.4 Å². The molecule has 0 spiro atoms. The van der Waals surface area contributed by atoms with Crippen molar-refractivity contribution in [3.8, 4) is 0 Å². The van der Waals surface area contributed by atoms with Gasteiger partial charge in [-0.15, -0.1) is 0 Å². The number of para-hydroxylation sites is 1. The van der Waals surface area contributed by atoms with Crippen LogP contribution < -0.4 is 10.6 Å². The van der Waals surface area contributed by atoms with Crippen molar-refractivity contribution in [3.05, 3.63) is 46.7 Å². The summed E-state index contributed by atoms with van der Waals surface area (Å²) in [4.78, 5) is 6.35. The Kier molecular flexibility index (Phi) is 3.14. The molecule has 1 aliphatic heterocycles. The lowest BCUT2D eigenvalue weighted by Crippen LogP contribution is -2.36. The van der Waals surface area contributed by atoms with E-state index in [-0.39, 0.29) is 6.04 Å². The van der Waals surface area contributed by atoms with Gasteiger partial charge in [0.25, 0.3) is 0 Å². The Morgan fingerprint density at radius 3 is 2.75 bits per heavy atom. The minimum absolute atomic E-state index is 0.0450. The summed E-state index contributed by atoms with van der Waals surface area (Å²) < 4.78 is 1.86. The predicted molar refractivity (Wildman–Crippen MR) is 81.1 cm³/mol. The average molecular weight is 290 g/mol. The fraction of sp³-hybridized carbons (Fsp3) is 0.286. The van der Waals surface area contributed by atoms with Crippen LogP contribution in [0.15, 0.2) is 35.5 Å². The fourth-order valence-corrected chi connectivity index (χ4v) is 2.74. The largest absolute Gasteiger partial charge is 0.369 e. The lowest BCUT2D eigenvalue weighted by atomic mass is 10.1. The van der Waals surface area contributed by atoms with Gasteiger partial charge in [0.05, 0.1) is 29.5 Å². The van der Waals surface area contributed by atoms with E-state index in [1.807, 2.05) is 54.0 Å². The second-order valence-electron chi connectivity index (χ2n) is 4.85. The Morgan fingerprint density at radius 2 is 2.10 bits per heavy atom. The normalized spacial score (nSPS) is 18.4. The van der Waals surface area contributed by atoms with Crippen LogP contribution in [0.4, 0.5) is 5.69 Å². The Bertz CT molecular complexity index is 676. The number of aromatic nitrogens is 2. The Labute approximate surface area is 122 Å². The van der Waals surface area contributed by atoms with Crippen LogP contribution in [0, 0.1) is 6.92 Å². The third-order valence-electron chi connectivity index (χ3n) is 3.73. The second kappa shape index (κ2) is 4.83. The number of aliphatic imine (C=N–C) groups is 1. The summed E-state index contributed by atoms with van der Waals surface area (Å²) >= 11 is 6.29. The molecule has 1 aliphatic rings. The third-order valence-corrected chi connectivity index (χ3v) is 4.05. The molecule has 1 atom stereocenters. The van der Waals surface area contributed by atoms with Crippen molar-refractivity contribution in [1.82, 2.24) is 9.78 Å². The molecule has 20 heavy (non-hydrogen) atoms. The summed E-state index contributed by atoms with van der Waals surface area (Å²) in [7, 11) is 1.93. The number of halogens is 1. The Balaban J connectivity index is 2.05. The molecule has 0 fully saturated rings. The van der Waals surface area contributed by atoms with E-state index in [2.05, 4.69) is 10.1 Å². The van der Waals surface area contributed by atoms with Crippen LogP contribution in [0.3, 0.4) is 0 Å². The number of guanidine groups is 1. The van der Waals surface area contributed by atoms with E-state index in [1.165, 1.54) is 0 Å². The maximum Gasteiger partial charge on any atom is 0.196 e. The first-order chi connectivity index (χ1) is 9.59. The molecule has 104 valence electrons. The molecule has 0 amide bonds. The summed E-state index contributed by atoms with van der Waals surface area (Å²) in [6.45, 7) is 2.66. The van der Waals surface area contributed by atoms with E-state index in [0.29, 0.717) is 17.5 Å². The molecule has 0 saturated carbocycles. The zero-order chi connectivity index (χ0) is 14.3. The third kappa shape index (κ3) is 1.94. The first kappa shape index (κ1) is 13.0. The van der Waals surface area contributed by atoms with E-state index < -0.39 is 0 Å². The predicted octanol–water partition coefficient (Wildman–Crippen LogP) is 2.26. The van der Waals surface area contributed by atoms with Crippen molar-refractivity contribution in [2.45, 2.75) is 13.0 Å². The lowest BCUT2D eigenvalue weighted by molar-refractivity contribution is 0.723. The zero-order valence-corrected chi connectivity index (χ0v) is 12.2. The summed E-state index contributed by atoms with van der Waals surface area (Å²) in [5.41, 5.74) is 9.16. The molecule has 0 saturated heterocycles. The molecule has 0 aliphatic carbocycles. The molecule has 3 rings (SSSR count). The molecule has 1 aromatic heterocycles. The number of anilines is 1. The van der Waals surface area contributed by atoms with Gasteiger partial charge in [-0.05, 0) is 19.1 Å². The van der Waals surface area contributed by atoms with Gasteiger partial charge < -0.3 is 10.6 Å². The van der Waals surface area contributed by atoms with Crippen molar-refractivity contribution in [2.24, 2.45) is 17.8 Å². The van der Waals surface area contributed by atoms with E-state index in [9.17, 15) is 0 Å². The van der Waals surface area contributed by atoms with Gasteiger partial charge in [-0.25, -0.2) is 0 Å². The zero-order valence-electron chi connectivity index (χ0n) is 11.4. The van der Waals surface area contributed by atoms with Crippen LogP contribution in [0.5, 0.6) is 0 Å². The van der Waals surface area contributed by atoms with Gasteiger partial charge in [-0.1, -0.05) is 23.7 Å². The maximum absolute atomic E-state index is 6.29. The van der Waals surface area contributed by atoms with Gasteiger partial charge in [-0.3, -0.25) is 9.67 Å². The van der Waals surface area contributed by atoms with Crippen LogP contribution in [0.2, 0.25) is 5.02 Å². The van der Waals surface area contributed by atoms with Crippen molar-refractivity contribution in [1.29, 1.82) is 0 Å². The molecule has 5 nitrogen and oxygen atoms in total. The number of hydrogen-bond donors (Lipinski definition) is 1. The first-order valence-corrected chi connectivity index (χ1v) is 6.79. The van der Waals surface area contributed by atoms with Crippen molar-refractivity contribution in [3.63, 3.8) is 0 Å². The molecule has 2 N–H and O–H groups in total. The minimum atomic E-state index is 0.0450. The van der Waals surface area contributed by atoms with Crippen LogP contribution >= 0.6 is 11.6 Å². The number of nitrogens with two attached hydrogens (primary N) is 1. The highest BCUT2D eigenvalue weighted by Crippen LogP contribution is 2.36. The maximum atomic E-state index is 6.29. The van der Waals surface area contributed by atoms with E-state index in [1.54, 1.807) is 0 Å². The van der Waals surface area contributed by atoms with Gasteiger partial charge in [0, 0.05) is 18.3 Å². The highest BCUT2D eigenvalue weighted by Gasteiger charge is 2.32. The van der Waals surface area contributed by atoms with Crippen LogP contribution in [0.1, 0.15) is 17.3 Å². The monoisotopic (exact) mass is 289 g/mol. The van der Waals surface area contributed by atoms with Gasteiger partial charge >= 0.3 is 0 Å². The molecule has 2 heterocycles. The molecule has 0 radical (unpaired) electrons. The highest BCUT2D eigenvalue weighted by atomic mass is 35.5. The molecule has 2 aromatic rings. The van der Waals surface area contributed by atoms with Crippen molar-refractivity contribution < 1.29 is 0 Å². The van der Waals surface area contributed by atoms with Crippen LogP contribution in [-0.2, 0) is 7.05 Å². The van der Waals surface area contributed by atoms with Gasteiger partial charge in [0.15, 0.2) is 5.96 Å². The van der Waals surface area contributed by atoms with Gasteiger partial charge in [-0.2, -0.15) is 5.10 Å². The SMILES string of the molecule is Cc1c(C2CN=C(N)N2c2ccccc2Cl)cnn1C. The molecular weight excluding hydrogens is 274 g/mol. The highest BCUT2D eigenvalue weighted by molar-refractivity contribution is 6.33. The second-order valence-corrected chi connectivity index (χ2v) is 5.25. The van der Waals surface area contributed by atoms with E-state index >= 15 is 0 Å². The molecule has 0 bridgehead atoms. The Morgan fingerprint density at radius 1 is 1.35 bits per heavy atom. The number of benzene rings is 1. The minimum Gasteiger partial charge on any atom is -0.369 e. The summed E-state index contributed by atoms with van der Waals surface area (Å²) in [6.07, 6.45) is 1.87. The summed E-state index contributed by atoms with van der Waals surface area (Å²) in [5.74, 6) is 0.492. The van der Waals surface area contributed by atoms with Gasteiger partial charge in [0.1, 0.15) is 0 Å². The van der Waals surface area contributed by atoms with Crippen LogP contribution in [-0.4, -0.2) is 22.3 Å². The lowest BCUT2D eigenvalue weighted by Gasteiger charge is -2.27. The smallest absolute Gasteiger partial charge is 0.196 e. The molecule has 6 heteroatoms. The summed E-state index contributed by atoms with van der Waals surface area (Å²) in [5, 5.41) is 4.97. The Hall–Kier alpha value is -2.01. The number of aryl methyl sites for hydroxylation is 1. The average Bonchev–Trinajstić information content (AvgIpc) is 2.95. The number of hydrogen-bond acceptors (Lipinski definition) is 4. The molecule has 1 unspecified atom stereocenters. The van der Waals surface area contributed by atoms with Crippen LogP contribution in [0.25, 0.3) is 0 Å².